The minimum absolute atomic E-state index is 0.206. The smallest absolute Gasteiger partial charge is 0.0104 e. The van der Waals surface area contributed by atoms with Crippen LogP contribution in [-0.4, -0.2) is 4.75 Å². The van der Waals surface area contributed by atoms with E-state index in [-0.39, 0.29) is 4.75 Å². The standard InChI is InChI=1S/C10H18S/c1-8-4-6-9(7-5-8)10(2,3)11/h4,9,11H,5-7H2,1-3H3. The van der Waals surface area contributed by atoms with Gasteiger partial charge in [-0.15, -0.1) is 0 Å². The third kappa shape index (κ3) is 2.55. The Morgan fingerprint density at radius 3 is 2.55 bits per heavy atom. The Bertz CT molecular complexity index is 162. The molecule has 0 N–H and O–H groups in total. The first-order valence-corrected chi connectivity index (χ1v) is 4.83. The zero-order chi connectivity index (χ0) is 8.48. The summed E-state index contributed by atoms with van der Waals surface area (Å²) in [5.74, 6) is 0.773. The Morgan fingerprint density at radius 2 is 2.18 bits per heavy atom. The van der Waals surface area contributed by atoms with Gasteiger partial charge in [-0.2, -0.15) is 12.6 Å². The normalized spacial score (nSPS) is 26.5. The summed E-state index contributed by atoms with van der Waals surface area (Å²) in [6, 6.07) is 0. The van der Waals surface area contributed by atoms with Crippen molar-refractivity contribution in [1.29, 1.82) is 0 Å². The van der Waals surface area contributed by atoms with E-state index >= 15 is 0 Å². The molecule has 1 aliphatic rings. The van der Waals surface area contributed by atoms with Crippen molar-refractivity contribution in [2.75, 3.05) is 0 Å². The fourth-order valence-electron chi connectivity index (χ4n) is 1.61. The molecule has 0 aromatic carbocycles. The lowest BCUT2D eigenvalue weighted by Gasteiger charge is -2.31. The molecule has 0 aromatic rings. The summed E-state index contributed by atoms with van der Waals surface area (Å²) in [6.07, 6.45) is 6.18. The van der Waals surface area contributed by atoms with Crippen molar-refractivity contribution >= 4 is 12.6 Å². The predicted molar refractivity (Wildman–Crippen MR) is 54.2 cm³/mol. The highest BCUT2D eigenvalue weighted by molar-refractivity contribution is 7.81. The maximum Gasteiger partial charge on any atom is 0.0104 e. The lowest BCUT2D eigenvalue weighted by atomic mass is 9.82. The lowest BCUT2D eigenvalue weighted by molar-refractivity contribution is 0.387. The van der Waals surface area contributed by atoms with E-state index in [2.05, 4.69) is 39.5 Å². The van der Waals surface area contributed by atoms with Crippen LogP contribution in [0.25, 0.3) is 0 Å². The van der Waals surface area contributed by atoms with Gasteiger partial charge in [0.2, 0.25) is 0 Å². The molecule has 1 heteroatoms. The van der Waals surface area contributed by atoms with Crippen LogP contribution in [0.1, 0.15) is 40.0 Å². The van der Waals surface area contributed by atoms with Gasteiger partial charge in [0.15, 0.2) is 0 Å². The summed E-state index contributed by atoms with van der Waals surface area (Å²) in [6.45, 7) is 6.66. The second-order valence-corrected chi connectivity index (χ2v) is 5.33. The summed E-state index contributed by atoms with van der Waals surface area (Å²) in [5.41, 5.74) is 1.55. The molecule has 0 saturated heterocycles. The zero-order valence-electron chi connectivity index (χ0n) is 7.72. The summed E-state index contributed by atoms with van der Waals surface area (Å²) >= 11 is 4.60. The summed E-state index contributed by atoms with van der Waals surface area (Å²) in [5, 5.41) is 0. The van der Waals surface area contributed by atoms with Gasteiger partial charge in [-0.05, 0) is 32.1 Å². The molecule has 1 unspecified atom stereocenters. The van der Waals surface area contributed by atoms with Crippen LogP contribution in [-0.2, 0) is 0 Å². The fourth-order valence-corrected chi connectivity index (χ4v) is 1.84. The van der Waals surface area contributed by atoms with Crippen LogP contribution in [0.2, 0.25) is 0 Å². The number of allylic oxidation sites excluding steroid dienone is 2. The van der Waals surface area contributed by atoms with E-state index < -0.39 is 0 Å². The summed E-state index contributed by atoms with van der Waals surface area (Å²) in [7, 11) is 0. The largest absolute Gasteiger partial charge is 0.173 e. The van der Waals surface area contributed by atoms with Crippen molar-refractivity contribution in [3.63, 3.8) is 0 Å². The molecule has 0 nitrogen and oxygen atoms in total. The molecule has 1 atom stereocenters. The summed E-state index contributed by atoms with van der Waals surface area (Å²) in [4.78, 5) is 0. The van der Waals surface area contributed by atoms with Crippen molar-refractivity contribution in [3.05, 3.63) is 11.6 Å². The molecule has 64 valence electrons. The van der Waals surface area contributed by atoms with Gasteiger partial charge in [0.25, 0.3) is 0 Å². The van der Waals surface area contributed by atoms with Crippen molar-refractivity contribution in [3.8, 4) is 0 Å². The van der Waals surface area contributed by atoms with Gasteiger partial charge in [-0.3, -0.25) is 0 Å². The third-order valence-corrected chi connectivity index (χ3v) is 3.00. The molecule has 0 amide bonds. The van der Waals surface area contributed by atoms with Gasteiger partial charge in [0, 0.05) is 4.75 Å². The van der Waals surface area contributed by atoms with Crippen LogP contribution >= 0.6 is 12.6 Å². The Balaban J connectivity index is 2.54. The summed E-state index contributed by atoms with van der Waals surface area (Å²) < 4.78 is 0.206. The van der Waals surface area contributed by atoms with E-state index in [0.29, 0.717) is 0 Å². The molecule has 1 aliphatic carbocycles. The average molecular weight is 170 g/mol. The monoisotopic (exact) mass is 170 g/mol. The Labute approximate surface area is 75.5 Å². The van der Waals surface area contributed by atoms with Crippen molar-refractivity contribution < 1.29 is 0 Å². The first-order valence-electron chi connectivity index (χ1n) is 4.38. The van der Waals surface area contributed by atoms with Gasteiger partial charge in [-0.1, -0.05) is 25.5 Å². The highest BCUT2D eigenvalue weighted by atomic mass is 32.1. The SMILES string of the molecule is CC1=CCC(C(C)(C)S)CC1. The van der Waals surface area contributed by atoms with E-state index in [1.54, 1.807) is 5.57 Å². The number of rotatable bonds is 1. The first-order chi connectivity index (χ1) is 5.00. The van der Waals surface area contributed by atoms with Gasteiger partial charge in [-0.25, -0.2) is 0 Å². The quantitative estimate of drug-likeness (QED) is 0.452. The Morgan fingerprint density at radius 1 is 1.55 bits per heavy atom. The van der Waals surface area contributed by atoms with E-state index in [4.69, 9.17) is 0 Å². The second kappa shape index (κ2) is 3.22. The molecule has 0 aromatic heterocycles. The van der Waals surface area contributed by atoms with Crippen LogP contribution in [0.15, 0.2) is 11.6 Å². The number of hydrogen-bond acceptors (Lipinski definition) is 1. The van der Waals surface area contributed by atoms with Crippen LogP contribution in [0.4, 0.5) is 0 Å². The molecule has 0 radical (unpaired) electrons. The number of hydrogen-bond donors (Lipinski definition) is 1. The molecule has 0 spiro atoms. The maximum atomic E-state index is 4.60. The minimum Gasteiger partial charge on any atom is -0.173 e. The van der Waals surface area contributed by atoms with Gasteiger partial charge < -0.3 is 0 Å². The van der Waals surface area contributed by atoms with E-state index in [1.165, 1.54) is 19.3 Å². The Kier molecular flexibility index (Phi) is 2.69. The van der Waals surface area contributed by atoms with Crippen LogP contribution < -0.4 is 0 Å². The van der Waals surface area contributed by atoms with E-state index in [1.807, 2.05) is 0 Å². The highest BCUT2D eigenvalue weighted by Gasteiger charge is 2.25. The van der Waals surface area contributed by atoms with Gasteiger partial charge >= 0.3 is 0 Å². The van der Waals surface area contributed by atoms with Crippen molar-refractivity contribution in [1.82, 2.24) is 0 Å². The minimum atomic E-state index is 0.206. The zero-order valence-corrected chi connectivity index (χ0v) is 8.62. The third-order valence-electron chi connectivity index (χ3n) is 2.64. The van der Waals surface area contributed by atoms with Gasteiger partial charge in [0.1, 0.15) is 0 Å². The molecule has 0 aliphatic heterocycles. The molecule has 0 bridgehead atoms. The second-order valence-electron chi connectivity index (χ2n) is 4.18. The van der Waals surface area contributed by atoms with Crippen LogP contribution in [0.3, 0.4) is 0 Å². The average Bonchev–Trinajstić information content (AvgIpc) is 1.86. The van der Waals surface area contributed by atoms with E-state index in [9.17, 15) is 0 Å². The number of thiol groups is 1. The Hall–Kier alpha value is 0.0900. The lowest BCUT2D eigenvalue weighted by Crippen LogP contribution is -2.25. The molecular weight excluding hydrogens is 152 g/mol. The van der Waals surface area contributed by atoms with Crippen molar-refractivity contribution in [2.45, 2.75) is 44.8 Å². The molecular formula is C10H18S. The van der Waals surface area contributed by atoms with Crippen LogP contribution in [0, 0.1) is 5.92 Å². The topological polar surface area (TPSA) is 0 Å². The molecule has 0 fully saturated rings. The fraction of sp³-hybridized carbons (Fsp3) is 0.800. The maximum absolute atomic E-state index is 4.60. The molecule has 0 heterocycles. The molecule has 11 heavy (non-hydrogen) atoms. The molecule has 1 rings (SSSR count). The highest BCUT2D eigenvalue weighted by Crippen LogP contribution is 2.35. The van der Waals surface area contributed by atoms with Crippen molar-refractivity contribution in [2.24, 2.45) is 5.92 Å². The first kappa shape index (κ1) is 9.18. The van der Waals surface area contributed by atoms with Crippen LogP contribution in [0.5, 0.6) is 0 Å². The molecule has 0 saturated carbocycles. The van der Waals surface area contributed by atoms with Gasteiger partial charge in [0.05, 0.1) is 0 Å². The predicted octanol–water partition coefficient (Wildman–Crippen LogP) is 3.44. The van der Waals surface area contributed by atoms with E-state index in [0.717, 1.165) is 5.92 Å².